The average Bonchev–Trinajstić information content (AvgIpc) is 3.06. The van der Waals surface area contributed by atoms with Gasteiger partial charge in [-0.15, -0.1) is 11.3 Å². The summed E-state index contributed by atoms with van der Waals surface area (Å²) >= 11 is 1.78. The van der Waals surface area contributed by atoms with Crippen LogP contribution < -0.4 is 27.3 Å². The molecule has 1 aromatic rings. The molecule has 0 bridgehead atoms. The predicted molar refractivity (Wildman–Crippen MR) is 102 cm³/mol. The molecule has 0 amide bonds. The minimum Gasteiger partial charge on any atom is -0.481 e. The second kappa shape index (κ2) is 11.6. The topological polar surface area (TPSA) is 142 Å². The molecule has 0 radical (unpaired) electrons. The van der Waals surface area contributed by atoms with E-state index in [4.69, 9.17) is 16.8 Å². The van der Waals surface area contributed by atoms with Crippen molar-refractivity contribution in [3.8, 4) is 0 Å². The molecule has 142 valence electrons. The number of nitrogens with two attached hydrogens (primary N) is 2. The molecular formula is C15H29N7O2S. The van der Waals surface area contributed by atoms with E-state index in [-0.39, 0.29) is 6.42 Å². The lowest BCUT2D eigenvalue weighted by atomic mass is 10.00. The highest BCUT2D eigenvalue weighted by molar-refractivity contribution is 7.15. The fourth-order valence-electron chi connectivity index (χ4n) is 2.39. The lowest BCUT2D eigenvalue weighted by molar-refractivity contribution is -0.141. The molecule has 0 saturated carbocycles. The maximum absolute atomic E-state index is 10.7. The minimum atomic E-state index is -0.849. The fourth-order valence-corrected chi connectivity index (χ4v) is 3.20. The first-order valence-corrected chi connectivity index (χ1v) is 9.17. The highest BCUT2D eigenvalue weighted by atomic mass is 32.1. The molecule has 10 heteroatoms. The number of carboxylic acids is 1. The number of nitrogens with one attached hydrogen (secondary N) is 2. The number of nitrogens with zero attached hydrogens (tertiary/aromatic N) is 3. The molecule has 0 unspecified atom stereocenters. The number of thiazole rings is 1. The maximum atomic E-state index is 10.7. The molecule has 1 aromatic heterocycles. The molecule has 1 aliphatic heterocycles. The third kappa shape index (κ3) is 7.67. The highest BCUT2D eigenvalue weighted by Crippen LogP contribution is 2.21. The van der Waals surface area contributed by atoms with E-state index in [0.717, 1.165) is 32.6 Å². The van der Waals surface area contributed by atoms with Gasteiger partial charge < -0.3 is 26.6 Å². The molecule has 9 nitrogen and oxygen atoms in total. The molecule has 0 aliphatic carbocycles. The second-order valence-corrected chi connectivity index (χ2v) is 6.95. The van der Waals surface area contributed by atoms with E-state index in [9.17, 15) is 4.79 Å². The van der Waals surface area contributed by atoms with Crippen LogP contribution >= 0.6 is 11.3 Å². The first-order valence-electron chi connectivity index (χ1n) is 8.36. The Hall–Kier alpha value is -1.91. The van der Waals surface area contributed by atoms with Crippen molar-refractivity contribution in [1.29, 1.82) is 0 Å². The Morgan fingerprint density at radius 2 is 2.24 bits per heavy atom. The van der Waals surface area contributed by atoms with E-state index in [2.05, 4.69) is 32.7 Å². The molecule has 0 aromatic carbocycles. The summed E-state index contributed by atoms with van der Waals surface area (Å²) in [5.74, 6) is 9.04. The lowest BCUT2D eigenvalue weighted by Gasteiger charge is -2.26. The van der Waals surface area contributed by atoms with E-state index in [0.29, 0.717) is 12.3 Å². The van der Waals surface area contributed by atoms with Gasteiger partial charge in [0.2, 0.25) is 0 Å². The molecule has 1 atom stereocenters. The molecule has 7 N–H and O–H groups in total. The molecule has 1 saturated heterocycles. The zero-order chi connectivity index (χ0) is 18.7. The summed E-state index contributed by atoms with van der Waals surface area (Å²) in [4.78, 5) is 18.7. The molecular weight excluding hydrogens is 342 g/mol. The van der Waals surface area contributed by atoms with Gasteiger partial charge in [0.1, 0.15) is 5.84 Å². The number of aliphatic carboxylic acids is 1. The summed E-state index contributed by atoms with van der Waals surface area (Å²) in [6.45, 7) is 8.37. The van der Waals surface area contributed by atoms with Crippen LogP contribution in [-0.4, -0.2) is 48.1 Å². The highest BCUT2D eigenvalue weighted by Gasteiger charge is 2.18. The number of rotatable bonds is 6. The third-order valence-corrected chi connectivity index (χ3v) is 4.72. The molecule has 2 heterocycles. The minimum absolute atomic E-state index is 0.246. The van der Waals surface area contributed by atoms with Crippen LogP contribution in [0.1, 0.15) is 31.1 Å². The summed E-state index contributed by atoms with van der Waals surface area (Å²) in [5.41, 5.74) is 2.26. The smallest absolute Gasteiger partial charge is 0.306 e. The average molecular weight is 372 g/mol. The van der Waals surface area contributed by atoms with Gasteiger partial charge in [0, 0.05) is 43.7 Å². The van der Waals surface area contributed by atoms with Crippen molar-refractivity contribution in [2.45, 2.75) is 33.1 Å². The Balaban J connectivity index is 0.000000250. The largest absolute Gasteiger partial charge is 0.481 e. The Morgan fingerprint density at radius 3 is 2.68 bits per heavy atom. The Labute approximate surface area is 152 Å². The fraction of sp³-hybridized carbons (Fsp3) is 0.667. The van der Waals surface area contributed by atoms with Gasteiger partial charge in [0.25, 0.3) is 0 Å². The number of hydrazone groups is 1. The zero-order valence-electron chi connectivity index (χ0n) is 14.9. The lowest BCUT2D eigenvalue weighted by Crippen LogP contribution is -2.43. The summed E-state index contributed by atoms with van der Waals surface area (Å²) in [6.07, 6.45) is 3.59. The van der Waals surface area contributed by atoms with Crippen molar-refractivity contribution in [1.82, 2.24) is 15.7 Å². The van der Waals surface area contributed by atoms with E-state index >= 15 is 0 Å². The Kier molecular flexibility index (Phi) is 9.81. The van der Waals surface area contributed by atoms with Crippen LogP contribution in [0.15, 0.2) is 11.3 Å². The number of anilines is 1. The quantitative estimate of drug-likeness (QED) is 0.210. The molecule has 1 fully saturated rings. The Bertz CT molecular complexity index is 544. The normalized spacial score (nSPS) is 16.0. The molecule has 0 spiro atoms. The molecule has 2 rings (SSSR count). The SMILES string of the molecule is CCC[C@@H](C/C(=N/N)NN)C(=O)O.Cc1cnc(N2CCNCC2)s1. The molecule has 1 aliphatic rings. The first-order chi connectivity index (χ1) is 12.0. The summed E-state index contributed by atoms with van der Waals surface area (Å²) in [5, 5.41) is 16.6. The first kappa shape index (κ1) is 21.1. The zero-order valence-corrected chi connectivity index (χ0v) is 15.7. The van der Waals surface area contributed by atoms with Gasteiger partial charge in [-0.2, -0.15) is 5.10 Å². The predicted octanol–water partition coefficient (Wildman–Crippen LogP) is 0.474. The van der Waals surface area contributed by atoms with Gasteiger partial charge in [-0.1, -0.05) is 13.3 Å². The van der Waals surface area contributed by atoms with Crippen LogP contribution in [0.25, 0.3) is 0 Å². The van der Waals surface area contributed by atoms with Crippen molar-refractivity contribution in [3.05, 3.63) is 11.1 Å². The van der Waals surface area contributed by atoms with Crippen molar-refractivity contribution in [3.63, 3.8) is 0 Å². The number of piperazine rings is 1. The van der Waals surface area contributed by atoms with Gasteiger partial charge in [-0.3, -0.25) is 4.79 Å². The number of carboxylic acid groups (broad SMARTS) is 1. The number of amidine groups is 1. The van der Waals surface area contributed by atoms with Gasteiger partial charge in [0.15, 0.2) is 5.13 Å². The van der Waals surface area contributed by atoms with Crippen LogP contribution in [0.5, 0.6) is 0 Å². The van der Waals surface area contributed by atoms with Crippen LogP contribution in [0.2, 0.25) is 0 Å². The summed E-state index contributed by atoms with van der Waals surface area (Å²) in [7, 11) is 0. The van der Waals surface area contributed by atoms with Gasteiger partial charge in [-0.05, 0) is 13.3 Å². The maximum Gasteiger partial charge on any atom is 0.306 e. The standard InChI is InChI=1S/C8H13N3S.C7H16N4O2/c1-7-6-10-8(12-7)11-4-2-9-3-5-11;1-2-3-5(7(12)13)4-6(10-8)11-9/h6,9H,2-5H2,1H3;5H,2-4,8-9H2,1H3,(H,10,11)(H,12,13)/t;5-/m.0/s1. The Morgan fingerprint density at radius 1 is 1.56 bits per heavy atom. The van der Waals surface area contributed by atoms with Crippen LogP contribution in [-0.2, 0) is 4.79 Å². The van der Waals surface area contributed by atoms with Gasteiger partial charge in [-0.25, -0.2) is 10.8 Å². The van der Waals surface area contributed by atoms with Crippen LogP contribution in [0.4, 0.5) is 5.13 Å². The number of aromatic nitrogens is 1. The number of hydrogen-bond acceptors (Lipinski definition) is 8. The van der Waals surface area contributed by atoms with E-state index in [1.54, 1.807) is 11.3 Å². The van der Waals surface area contributed by atoms with E-state index in [1.165, 1.54) is 10.0 Å². The third-order valence-electron chi connectivity index (χ3n) is 3.75. The number of aryl methyl sites for hydroxylation is 1. The summed E-state index contributed by atoms with van der Waals surface area (Å²) in [6, 6.07) is 0. The van der Waals surface area contributed by atoms with Crippen molar-refractivity contribution in [2.75, 3.05) is 31.1 Å². The second-order valence-electron chi connectivity index (χ2n) is 5.74. The van der Waals surface area contributed by atoms with E-state index < -0.39 is 11.9 Å². The van der Waals surface area contributed by atoms with Crippen molar-refractivity contribution >= 4 is 28.3 Å². The van der Waals surface area contributed by atoms with Crippen LogP contribution in [0.3, 0.4) is 0 Å². The number of hydrogen-bond donors (Lipinski definition) is 5. The van der Waals surface area contributed by atoms with E-state index in [1.807, 2.05) is 13.1 Å². The number of carbonyl (C=O) groups is 1. The van der Waals surface area contributed by atoms with Crippen molar-refractivity contribution in [2.24, 2.45) is 22.7 Å². The van der Waals surface area contributed by atoms with Crippen LogP contribution in [0, 0.1) is 12.8 Å². The molecule has 25 heavy (non-hydrogen) atoms. The van der Waals surface area contributed by atoms with Gasteiger partial charge in [0.05, 0.1) is 5.92 Å². The summed E-state index contributed by atoms with van der Waals surface area (Å²) < 4.78 is 0. The monoisotopic (exact) mass is 371 g/mol. The van der Waals surface area contributed by atoms with Crippen molar-refractivity contribution < 1.29 is 9.90 Å². The van der Waals surface area contributed by atoms with Gasteiger partial charge >= 0.3 is 5.97 Å². The number of hydrazine groups is 1.